The zero-order chi connectivity index (χ0) is 15.5. The summed E-state index contributed by atoms with van der Waals surface area (Å²) in [6.07, 6.45) is 5.41. The molecule has 1 fully saturated rings. The van der Waals surface area contributed by atoms with E-state index in [1.165, 1.54) is 6.33 Å². The maximum Gasteiger partial charge on any atom is 0.230 e. The van der Waals surface area contributed by atoms with E-state index in [1.54, 1.807) is 11.9 Å². The zero-order valence-electron chi connectivity index (χ0n) is 12.7. The van der Waals surface area contributed by atoms with Gasteiger partial charge < -0.3 is 15.5 Å². The van der Waals surface area contributed by atoms with Crippen LogP contribution in [0.25, 0.3) is 0 Å². The third-order valence-electron chi connectivity index (χ3n) is 4.07. The molecule has 0 unspecified atom stereocenters. The minimum absolute atomic E-state index is 0.179. The van der Waals surface area contributed by atoms with Gasteiger partial charge in [-0.15, -0.1) is 0 Å². The highest BCUT2D eigenvalue weighted by Crippen LogP contribution is 2.40. The molecule has 21 heavy (non-hydrogen) atoms. The second kappa shape index (κ2) is 6.47. The lowest BCUT2D eigenvalue weighted by molar-refractivity contribution is -0.138. The number of nitrogens with one attached hydrogen (secondary N) is 2. The molecule has 1 amide bonds. The van der Waals surface area contributed by atoms with Crippen molar-refractivity contribution in [3.8, 4) is 0 Å². The summed E-state index contributed by atoms with van der Waals surface area (Å²) in [4.78, 5) is 22.4. The zero-order valence-corrected chi connectivity index (χ0v) is 13.5. The summed E-state index contributed by atoms with van der Waals surface area (Å²) in [5, 5.41) is 6.64. The van der Waals surface area contributed by atoms with Crippen LogP contribution in [0.1, 0.15) is 25.7 Å². The summed E-state index contributed by atoms with van der Waals surface area (Å²) in [6, 6.07) is 0. The largest absolute Gasteiger partial charge is 0.383 e. The molecule has 0 saturated heterocycles. The molecule has 1 aromatic rings. The van der Waals surface area contributed by atoms with Gasteiger partial charge in [0.2, 0.25) is 5.91 Å². The first kappa shape index (κ1) is 15.8. The van der Waals surface area contributed by atoms with Crippen molar-refractivity contribution in [2.75, 3.05) is 38.3 Å². The molecule has 0 aliphatic heterocycles. The van der Waals surface area contributed by atoms with Gasteiger partial charge in [-0.05, 0) is 12.8 Å². The highest BCUT2D eigenvalue weighted by atomic mass is 35.5. The fraction of sp³-hybridized carbons (Fsp3) is 0.643. The average Bonchev–Trinajstić information content (AvgIpc) is 2.94. The van der Waals surface area contributed by atoms with Crippen LogP contribution in [0.2, 0.25) is 5.15 Å². The minimum Gasteiger partial charge on any atom is -0.383 e. The van der Waals surface area contributed by atoms with Crippen molar-refractivity contribution in [3.63, 3.8) is 0 Å². The van der Waals surface area contributed by atoms with Crippen molar-refractivity contribution in [1.29, 1.82) is 0 Å². The van der Waals surface area contributed by atoms with Crippen molar-refractivity contribution in [1.82, 2.24) is 14.9 Å². The van der Waals surface area contributed by atoms with Gasteiger partial charge in [0, 0.05) is 27.7 Å². The summed E-state index contributed by atoms with van der Waals surface area (Å²) in [6.45, 7) is 0.562. The number of halogens is 1. The topological polar surface area (TPSA) is 70.1 Å². The standard InChI is InChI=1S/C14H22ClN5O/c1-16-10-11(15)18-9-19-12(10)17-8-14(6-4-5-7-14)13(21)20(2)3/h9,16H,4-8H2,1-3H3,(H,17,18,19). The summed E-state index contributed by atoms with van der Waals surface area (Å²) in [7, 11) is 5.39. The molecule has 0 bridgehead atoms. The van der Waals surface area contributed by atoms with E-state index in [2.05, 4.69) is 20.6 Å². The SMILES string of the molecule is CNc1c(Cl)ncnc1NCC1(C(=O)N(C)C)CCCC1. The Morgan fingerprint density at radius 2 is 2.05 bits per heavy atom. The van der Waals surface area contributed by atoms with Crippen LogP contribution in [0.5, 0.6) is 0 Å². The summed E-state index contributed by atoms with van der Waals surface area (Å²) in [5.74, 6) is 0.814. The van der Waals surface area contributed by atoms with Crippen LogP contribution in [-0.2, 0) is 4.79 Å². The summed E-state index contributed by atoms with van der Waals surface area (Å²) >= 11 is 6.04. The Labute approximate surface area is 130 Å². The lowest BCUT2D eigenvalue weighted by atomic mass is 9.84. The minimum atomic E-state index is -0.341. The van der Waals surface area contributed by atoms with Gasteiger partial charge in [0.05, 0.1) is 5.41 Å². The van der Waals surface area contributed by atoms with E-state index in [-0.39, 0.29) is 11.3 Å². The van der Waals surface area contributed by atoms with Gasteiger partial charge in [-0.25, -0.2) is 9.97 Å². The fourth-order valence-corrected chi connectivity index (χ4v) is 3.19. The molecule has 7 heteroatoms. The Bertz CT molecular complexity index is 514. The van der Waals surface area contributed by atoms with Gasteiger partial charge >= 0.3 is 0 Å². The molecule has 1 heterocycles. The van der Waals surface area contributed by atoms with Gasteiger partial charge in [0.1, 0.15) is 12.0 Å². The van der Waals surface area contributed by atoms with Gasteiger partial charge in [0.25, 0.3) is 0 Å². The molecule has 1 aliphatic rings. The van der Waals surface area contributed by atoms with Crippen LogP contribution in [0.4, 0.5) is 11.5 Å². The van der Waals surface area contributed by atoms with Crippen LogP contribution >= 0.6 is 11.6 Å². The van der Waals surface area contributed by atoms with E-state index in [0.717, 1.165) is 25.7 Å². The Balaban J connectivity index is 2.17. The van der Waals surface area contributed by atoms with E-state index in [4.69, 9.17) is 11.6 Å². The lowest BCUT2D eigenvalue weighted by Gasteiger charge is -2.31. The van der Waals surface area contributed by atoms with Gasteiger partial charge in [-0.3, -0.25) is 4.79 Å². The third-order valence-corrected chi connectivity index (χ3v) is 4.35. The number of carbonyl (C=O) groups excluding carboxylic acids is 1. The number of hydrogen-bond donors (Lipinski definition) is 2. The Morgan fingerprint density at radius 1 is 1.38 bits per heavy atom. The molecule has 2 rings (SSSR count). The first-order valence-corrected chi connectivity index (χ1v) is 7.52. The van der Waals surface area contributed by atoms with Crippen LogP contribution < -0.4 is 10.6 Å². The molecule has 0 aromatic carbocycles. The summed E-state index contributed by atoms with van der Waals surface area (Å²) < 4.78 is 0. The van der Waals surface area contributed by atoms with Crippen molar-refractivity contribution in [3.05, 3.63) is 11.5 Å². The van der Waals surface area contributed by atoms with Crippen LogP contribution in [0.3, 0.4) is 0 Å². The van der Waals surface area contributed by atoms with Crippen LogP contribution in [0, 0.1) is 5.41 Å². The van der Waals surface area contributed by atoms with Crippen molar-refractivity contribution in [2.45, 2.75) is 25.7 Å². The molecule has 2 N–H and O–H groups in total. The predicted octanol–water partition coefficient (Wildman–Crippen LogP) is 2.23. The molecule has 1 aromatic heterocycles. The average molecular weight is 312 g/mol. The van der Waals surface area contributed by atoms with Crippen molar-refractivity contribution in [2.24, 2.45) is 5.41 Å². The molecular formula is C14H22ClN5O. The van der Waals surface area contributed by atoms with Gasteiger partial charge in [-0.1, -0.05) is 24.4 Å². The number of aromatic nitrogens is 2. The Morgan fingerprint density at radius 3 is 2.62 bits per heavy atom. The smallest absolute Gasteiger partial charge is 0.230 e. The van der Waals surface area contributed by atoms with Gasteiger partial charge in [0.15, 0.2) is 11.0 Å². The number of anilines is 2. The van der Waals surface area contributed by atoms with Crippen LogP contribution in [-0.4, -0.2) is 48.5 Å². The normalized spacial score (nSPS) is 16.6. The molecular weight excluding hydrogens is 290 g/mol. The second-order valence-corrected chi connectivity index (χ2v) is 6.04. The molecule has 0 atom stereocenters. The monoisotopic (exact) mass is 311 g/mol. The predicted molar refractivity (Wildman–Crippen MR) is 84.7 cm³/mol. The third kappa shape index (κ3) is 3.20. The second-order valence-electron chi connectivity index (χ2n) is 5.68. The molecule has 0 spiro atoms. The molecule has 0 radical (unpaired) electrons. The number of carbonyl (C=O) groups is 1. The summed E-state index contributed by atoms with van der Waals surface area (Å²) in [5.41, 5.74) is 0.316. The lowest BCUT2D eigenvalue weighted by Crippen LogP contribution is -2.43. The maximum absolute atomic E-state index is 12.5. The van der Waals surface area contributed by atoms with E-state index < -0.39 is 0 Å². The maximum atomic E-state index is 12.5. The van der Waals surface area contributed by atoms with E-state index in [1.807, 2.05) is 14.1 Å². The first-order valence-electron chi connectivity index (χ1n) is 7.14. The van der Waals surface area contributed by atoms with Gasteiger partial charge in [-0.2, -0.15) is 0 Å². The molecule has 1 aliphatic carbocycles. The fourth-order valence-electron chi connectivity index (χ4n) is 2.96. The Hall–Kier alpha value is -1.56. The van der Waals surface area contributed by atoms with E-state index in [9.17, 15) is 4.79 Å². The van der Waals surface area contributed by atoms with Crippen LogP contribution in [0.15, 0.2) is 6.33 Å². The molecule has 1 saturated carbocycles. The van der Waals surface area contributed by atoms with Crippen molar-refractivity contribution < 1.29 is 4.79 Å². The number of hydrogen-bond acceptors (Lipinski definition) is 5. The first-order chi connectivity index (χ1) is 10.00. The highest BCUT2D eigenvalue weighted by molar-refractivity contribution is 6.32. The highest BCUT2D eigenvalue weighted by Gasteiger charge is 2.42. The number of amides is 1. The Kier molecular flexibility index (Phi) is 4.88. The van der Waals surface area contributed by atoms with E-state index >= 15 is 0 Å². The number of nitrogens with zero attached hydrogens (tertiary/aromatic N) is 3. The molecule has 116 valence electrons. The van der Waals surface area contributed by atoms with Crippen molar-refractivity contribution >= 4 is 29.0 Å². The quantitative estimate of drug-likeness (QED) is 0.816. The molecule has 6 nitrogen and oxygen atoms in total. The number of rotatable bonds is 5. The van der Waals surface area contributed by atoms with E-state index in [0.29, 0.717) is 23.2 Å².